The van der Waals surface area contributed by atoms with Gasteiger partial charge in [-0.1, -0.05) is 219 Å². The Hall–Kier alpha value is -7.98. The van der Waals surface area contributed by atoms with Gasteiger partial charge >= 0.3 is 0 Å². The predicted molar refractivity (Wildman–Crippen MR) is 336 cm³/mol. The molecular weight excluding hydrogens is 1190 g/mol. The van der Waals surface area contributed by atoms with E-state index >= 15 is 0 Å². The number of hydrogen-bond donors (Lipinski definition) is 0. The zero-order valence-corrected chi connectivity index (χ0v) is 51.1. The van der Waals surface area contributed by atoms with Gasteiger partial charge in [0.2, 0.25) is 0 Å². The Bertz CT molecular complexity index is 4320. The van der Waals surface area contributed by atoms with Crippen molar-refractivity contribution in [3.8, 4) is 28.4 Å². The van der Waals surface area contributed by atoms with E-state index in [1.54, 1.807) is 0 Å². The second-order valence-corrected chi connectivity index (χ2v) is 26.4. The third kappa shape index (κ3) is 7.07. The number of nitrogens with zero attached hydrogens (tertiary/aromatic N) is 4. The molecule has 6 aliphatic carbocycles. The van der Waals surface area contributed by atoms with Crippen molar-refractivity contribution in [1.82, 2.24) is 9.55 Å². The van der Waals surface area contributed by atoms with E-state index in [9.17, 15) is 0 Å². The summed E-state index contributed by atoms with van der Waals surface area (Å²) >= 11 is 0. The third-order valence-corrected chi connectivity index (χ3v) is 19.3. The van der Waals surface area contributed by atoms with Crippen LogP contribution >= 0.6 is 0 Å². The van der Waals surface area contributed by atoms with Crippen LogP contribution in [0.2, 0.25) is 0 Å². The first-order valence-corrected chi connectivity index (χ1v) is 29.1. The summed E-state index contributed by atoms with van der Waals surface area (Å²) in [6.07, 6.45) is 2.01. The molecule has 0 atom stereocenters. The molecule has 0 N–H and O–H groups in total. The number of pyridine rings is 1. The smallest absolute Gasteiger partial charge is 0.135 e. The minimum atomic E-state index is -0.821. The number of aryl methyl sites for hydroxylation is 1. The topological polar surface area (TPSA) is 33.5 Å². The Labute approximate surface area is 503 Å². The minimum absolute atomic E-state index is 0. The van der Waals surface area contributed by atoms with Crippen LogP contribution in [0, 0.1) is 36.6 Å². The molecule has 83 heavy (non-hydrogen) atoms. The molecular formula is C77H67N4OPt-3. The molecule has 0 radical (unpaired) electrons. The molecule has 0 spiro atoms. The van der Waals surface area contributed by atoms with E-state index in [0.29, 0.717) is 11.5 Å². The molecule has 2 aromatic heterocycles. The number of fused-ring (bicyclic) bond motifs is 4. The number of aromatic nitrogens is 2. The monoisotopic (exact) mass is 1260 g/mol. The van der Waals surface area contributed by atoms with Crippen LogP contribution in [0.5, 0.6) is 11.5 Å². The first-order chi connectivity index (χ1) is 39.5. The predicted octanol–water partition coefficient (Wildman–Crippen LogP) is 19.0. The molecule has 11 aromatic rings. The van der Waals surface area contributed by atoms with Gasteiger partial charge in [0, 0.05) is 72.5 Å². The number of hydrogen-bond acceptors (Lipinski definition) is 4. The van der Waals surface area contributed by atoms with Gasteiger partial charge in [-0.25, -0.2) is 4.98 Å². The SMILES string of the molecule is Cc1cc(-n2c3[c-]c(Oc4[c-]c(N5[CH-]N(C67c8ccccc8C(c8ccccc86)C6(C(C)(C)C)c8ccccc8C7(C(C)(C)C)c7ccccc76)c6ccccc65)ccc4)ccc3c3ccccc32)ncc1-c1ccc(C(C)(C)C)cc1.[Pt]. The molecule has 0 saturated heterocycles. The molecule has 0 amide bonds. The third-order valence-electron chi connectivity index (χ3n) is 19.3. The molecule has 6 heteroatoms. The number of anilines is 3. The Morgan fingerprint density at radius 1 is 0.530 bits per heavy atom. The average molecular weight is 1260 g/mol. The van der Waals surface area contributed by atoms with Gasteiger partial charge in [0.25, 0.3) is 0 Å². The van der Waals surface area contributed by atoms with Crippen molar-refractivity contribution in [1.29, 1.82) is 0 Å². The zero-order chi connectivity index (χ0) is 56.3. The van der Waals surface area contributed by atoms with Crippen molar-refractivity contribution in [2.75, 3.05) is 9.80 Å². The van der Waals surface area contributed by atoms with Gasteiger partial charge in [0.15, 0.2) is 0 Å². The Kier molecular flexibility index (Phi) is 11.8. The standard InChI is InChI=1S/C77H67N4O.Pt/c1-49-44-70(78-47-59(49)50-38-40-51(41-39-50)72(2,3)4)81-66-35-20-13-26-55(66)56-43-42-54(46-69(56)81)82-53-25-23-24-52(45-53)79-48-80(68-37-22-21-36-67(68)79)77-60-29-14-11-27-57(60)71(58-28-12-15-30-61(58)77)75(73(5,6)7)62-31-16-18-33-64(62)76(77,74(8,9)10)65-34-19-17-32-63(65)75;/h11-44,47-48,71H,1-10H3;/q-3;. The summed E-state index contributed by atoms with van der Waals surface area (Å²) in [5.41, 5.74) is 18.5. The molecule has 1 aliphatic heterocycles. The maximum Gasteiger partial charge on any atom is 0.135 e. The van der Waals surface area contributed by atoms with E-state index in [2.05, 4.69) is 297 Å². The molecule has 414 valence electrons. The zero-order valence-electron chi connectivity index (χ0n) is 48.9. The molecule has 0 fully saturated rings. The summed E-state index contributed by atoms with van der Waals surface area (Å²) in [6.45, 7) is 26.3. The summed E-state index contributed by atoms with van der Waals surface area (Å²) in [6, 6.07) is 84.7. The van der Waals surface area contributed by atoms with Crippen molar-refractivity contribution in [3.05, 3.63) is 287 Å². The molecule has 0 unspecified atom stereocenters. The summed E-state index contributed by atoms with van der Waals surface area (Å²) < 4.78 is 9.15. The average Bonchev–Trinajstić information content (AvgIpc) is 1.03. The fourth-order valence-electron chi connectivity index (χ4n) is 16.3. The Morgan fingerprint density at radius 3 is 1.71 bits per heavy atom. The number of benzene rings is 9. The van der Waals surface area contributed by atoms with Crippen LogP contribution in [0.25, 0.3) is 38.8 Å². The van der Waals surface area contributed by atoms with Crippen LogP contribution in [-0.4, -0.2) is 9.55 Å². The van der Waals surface area contributed by atoms with Crippen LogP contribution in [0.1, 0.15) is 124 Å². The second-order valence-electron chi connectivity index (χ2n) is 26.4. The van der Waals surface area contributed by atoms with Gasteiger partial charge in [0.1, 0.15) is 5.82 Å². The first kappa shape index (κ1) is 53.1. The van der Waals surface area contributed by atoms with E-state index in [1.807, 2.05) is 18.3 Å². The molecule has 0 saturated carbocycles. The van der Waals surface area contributed by atoms with E-state index in [-0.39, 0.29) is 43.2 Å². The summed E-state index contributed by atoms with van der Waals surface area (Å²) in [4.78, 5) is 10.2. The van der Waals surface area contributed by atoms with Crippen molar-refractivity contribution >= 4 is 38.9 Å². The first-order valence-electron chi connectivity index (χ1n) is 29.1. The fraction of sp³-hybridized carbons (Fsp3) is 0.221. The number of ether oxygens (including phenoxy) is 1. The number of para-hydroxylation sites is 3. The molecule has 4 bridgehead atoms. The maximum atomic E-state index is 6.93. The van der Waals surface area contributed by atoms with Crippen LogP contribution < -0.4 is 14.5 Å². The van der Waals surface area contributed by atoms with Crippen LogP contribution in [-0.2, 0) is 42.8 Å². The van der Waals surface area contributed by atoms with Crippen LogP contribution in [0.15, 0.2) is 212 Å². The molecule has 3 heterocycles. The van der Waals surface area contributed by atoms with Gasteiger partial charge in [-0.15, -0.1) is 41.4 Å². The normalized spacial score (nSPS) is 20.2. The van der Waals surface area contributed by atoms with E-state index in [1.165, 1.54) is 50.1 Å². The van der Waals surface area contributed by atoms with Crippen LogP contribution in [0.4, 0.5) is 17.1 Å². The van der Waals surface area contributed by atoms with E-state index in [0.717, 1.165) is 61.4 Å². The van der Waals surface area contributed by atoms with Crippen molar-refractivity contribution in [3.63, 3.8) is 0 Å². The van der Waals surface area contributed by atoms with Gasteiger partial charge in [-0.05, 0) is 114 Å². The minimum Gasteiger partial charge on any atom is -0.509 e. The Balaban J connectivity index is 0.00000614. The van der Waals surface area contributed by atoms with Gasteiger partial charge in [0.05, 0.1) is 11.0 Å². The largest absolute Gasteiger partial charge is 0.509 e. The van der Waals surface area contributed by atoms with Crippen molar-refractivity contribution < 1.29 is 25.8 Å². The second kappa shape index (κ2) is 18.5. The molecule has 9 aromatic carbocycles. The summed E-state index contributed by atoms with van der Waals surface area (Å²) in [5, 5.41) is 2.21. The van der Waals surface area contributed by atoms with Gasteiger partial charge < -0.3 is 19.1 Å². The summed E-state index contributed by atoms with van der Waals surface area (Å²) in [5.74, 6) is 2.04. The van der Waals surface area contributed by atoms with Crippen LogP contribution in [0.3, 0.4) is 0 Å². The Morgan fingerprint density at radius 2 is 1.10 bits per heavy atom. The van der Waals surface area contributed by atoms with Gasteiger partial charge in [-0.2, -0.15) is 18.8 Å². The van der Waals surface area contributed by atoms with E-state index < -0.39 is 16.4 Å². The fourth-order valence-corrected chi connectivity index (χ4v) is 16.3. The van der Waals surface area contributed by atoms with Crippen molar-refractivity contribution in [2.24, 2.45) is 10.8 Å². The van der Waals surface area contributed by atoms with Gasteiger partial charge in [-0.3, -0.25) is 0 Å². The van der Waals surface area contributed by atoms with E-state index in [4.69, 9.17) is 9.72 Å². The maximum absolute atomic E-state index is 6.93. The summed E-state index contributed by atoms with van der Waals surface area (Å²) in [7, 11) is 0. The van der Waals surface area contributed by atoms with Crippen molar-refractivity contribution in [2.45, 2.75) is 96.9 Å². The molecule has 7 aliphatic rings. The molecule has 5 nitrogen and oxygen atoms in total. The molecule has 18 rings (SSSR count). The quantitative estimate of drug-likeness (QED) is 0.155. The number of rotatable bonds is 6.